The average Bonchev–Trinajstić information content (AvgIpc) is 2.17. The second-order valence-electron chi connectivity index (χ2n) is 3.55. The van der Waals surface area contributed by atoms with Crippen LogP contribution in [0.1, 0.15) is 12.5 Å². The topological polar surface area (TPSA) is 49.3 Å². The summed E-state index contributed by atoms with van der Waals surface area (Å²) in [6, 6.07) is 7.63. The predicted molar refractivity (Wildman–Crippen MR) is 55.1 cm³/mol. The normalized spacial score (nSPS) is 23.8. The standard InChI is InChI=1S/C11H11NO2/c1-11(10(13)14)7-6-8-4-2-3-5-9(8)12-11/h2-7,12H,1H3,(H,13,14). The van der Waals surface area contributed by atoms with Gasteiger partial charge >= 0.3 is 5.97 Å². The van der Waals surface area contributed by atoms with E-state index in [1.54, 1.807) is 13.0 Å². The van der Waals surface area contributed by atoms with Crippen molar-refractivity contribution in [2.24, 2.45) is 0 Å². The van der Waals surface area contributed by atoms with Gasteiger partial charge in [0.2, 0.25) is 0 Å². The van der Waals surface area contributed by atoms with Crippen LogP contribution in [-0.2, 0) is 4.79 Å². The number of hydrogen-bond donors (Lipinski definition) is 2. The Balaban J connectivity index is 2.43. The molecule has 2 N–H and O–H groups in total. The molecule has 0 spiro atoms. The number of anilines is 1. The molecule has 1 aliphatic rings. The van der Waals surface area contributed by atoms with Gasteiger partial charge in [0.05, 0.1) is 0 Å². The first-order chi connectivity index (χ1) is 6.62. The van der Waals surface area contributed by atoms with Crippen LogP contribution >= 0.6 is 0 Å². The molecule has 72 valence electrons. The van der Waals surface area contributed by atoms with Crippen LogP contribution in [-0.4, -0.2) is 16.6 Å². The summed E-state index contributed by atoms with van der Waals surface area (Å²) in [5.74, 6) is -0.872. The maximum absolute atomic E-state index is 11.0. The second kappa shape index (κ2) is 2.87. The number of carbonyl (C=O) groups is 1. The van der Waals surface area contributed by atoms with Gasteiger partial charge in [-0.2, -0.15) is 0 Å². The minimum absolute atomic E-state index is 0.861. The van der Waals surface area contributed by atoms with E-state index in [-0.39, 0.29) is 0 Å². The first-order valence-corrected chi connectivity index (χ1v) is 4.42. The highest BCUT2D eigenvalue weighted by molar-refractivity contribution is 5.90. The van der Waals surface area contributed by atoms with Gasteiger partial charge in [0.1, 0.15) is 0 Å². The summed E-state index contributed by atoms with van der Waals surface area (Å²) in [4.78, 5) is 11.0. The lowest BCUT2D eigenvalue weighted by Gasteiger charge is -2.28. The molecule has 0 aliphatic carbocycles. The highest BCUT2D eigenvalue weighted by Crippen LogP contribution is 2.27. The Morgan fingerprint density at radius 2 is 2.14 bits per heavy atom. The van der Waals surface area contributed by atoms with Gasteiger partial charge in [0, 0.05) is 5.69 Å². The van der Waals surface area contributed by atoms with Crippen LogP contribution in [0.25, 0.3) is 6.08 Å². The van der Waals surface area contributed by atoms with Crippen molar-refractivity contribution in [3.8, 4) is 0 Å². The average molecular weight is 189 g/mol. The molecule has 1 aromatic carbocycles. The zero-order valence-electron chi connectivity index (χ0n) is 7.82. The Labute approximate surface area is 82.1 Å². The smallest absolute Gasteiger partial charge is 0.333 e. The van der Waals surface area contributed by atoms with E-state index in [4.69, 9.17) is 5.11 Å². The molecule has 0 amide bonds. The van der Waals surface area contributed by atoms with Crippen LogP contribution in [0, 0.1) is 0 Å². The lowest BCUT2D eigenvalue weighted by Crippen LogP contribution is -2.42. The number of carboxylic acid groups (broad SMARTS) is 1. The van der Waals surface area contributed by atoms with Crippen LogP contribution in [0.15, 0.2) is 30.3 Å². The van der Waals surface area contributed by atoms with E-state index >= 15 is 0 Å². The zero-order valence-corrected chi connectivity index (χ0v) is 7.82. The van der Waals surface area contributed by atoms with Gasteiger partial charge in [-0.15, -0.1) is 0 Å². The molecule has 0 fully saturated rings. The highest BCUT2D eigenvalue weighted by Gasteiger charge is 2.32. The van der Waals surface area contributed by atoms with E-state index in [1.165, 1.54) is 0 Å². The predicted octanol–water partition coefficient (Wildman–Crippen LogP) is 1.97. The SMILES string of the molecule is CC1(C(=O)O)C=Cc2ccccc2N1. The van der Waals surface area contributed by atoms with Crippen molar-refractivity contribution >= 4 is 17.7 Å². The summed E-state index contributed by atoms with van der Waals surface area (Å²) in [6.07, 6.45) is 3.50. The Morgan fingerprint density at radius 3 is 2.86 bits per heavy atom. The molecule has 0 radical (unpaired) electrons. The van der Waals surface area contributed by atoms with Crippen molar-refractivity contribution < 1.29 is 9.90 Å². The first kappa shape index (κ1) is 8.81. The van der Waals surface area contributed by atoms with Crippen molar-refractivity contribution in [1.82, 2.24) is 0 Å². The number of aliphatic carboxylic acids is 1. The maximum atomic E-state index is 11.0. The lowest BCUT2D eigenvalue weighted by molar-refractivity contribution is -0.140. The van der Waals surface area contributed by atoms with Gasteiger partial charge in [-0.25, -0.2) is 4.79 Å². The third-order valence-electron chi connectivity index (χ3n) is 2.40. The lowest BCUT2D eigenvalue weighted by atomic mass is 9.95. The highest BCUT2D eigenvalue weighted by atomic mass is 16.4. The van der Waals surface area contributed by atoms with Gasteiger partial charge in [-0.3, -0.25) is 0 Å². The summed E-state index contributed by atoms with van der Waals surface area (Å²) >= 11 is 0. The summed E-state index contributed by atoms with van der Waals surface area (Å²) in [7, 11) is 0. The van der Waals surface area contributed by atoms with Crippen LogP contribution in [0.4, 0.5) is 5.69 Å². The summed E-state index contributed by atoms with van der Waals surface area (Å²) in [5.41, 5.74) is 0.889. The van der Waals surface area contributed by atoms with E-state index in [2.05, 4.69) is 5.32 Å². The Kier molecular flexibility index (Phi) is 1.81. The van der Waals surface area contributed by atoms with Gasteiger partial charge in [0.15, 0.2) is 5.54 Å². The van der Waals surface area contributed by atoms with E-state index < -0.39 is 11.5 Å². The molecule has 0 bridgehead atoms. The van der Waals surface area contributed by atoms with Crippen molar-refractivity contribution in [1.29, 1.82) is 0 Å². The van der Waals surface area contributed by atoms with Crippen molar-refractivity contribution in [3.63, 3.8) is 0 Å². The minimum atomic E-state index is -0.992. The molecule has 1 aromatic rings. The fourth-order valence-corrected chi connectivity index (χ4v) is 1.46. The largest absolute Gasteiger partial charge is 0.479 e. The minimum Gasteiger partial charge on any atom is -0.479 e. The summed E-state index contributed by atoms with van der Waals surface area (Å²) in [5, 5.41) is 12.0. The second-order valence-corrected chi connectivity index (χ2v) is 3.55. The molecule has 0 saturated heterocycles. The fourth-order valence-electron chi connectivity index (χ4n) is 1.46. The van der Waals surface area contributed by atoms with Gasteiger partial charge in [-0.05, 0) is 24.6 Å². The van der Waals surface area contributed by atoms with Crippen molar-refractivity contribution in [3.05, 3.63) is 35.9 Å². The Bertz CT molecular complexity index is 412. The molecule has 0 saturated carbocycles. The van der Waals surface area contributed by atoms with E-state index in [0.29, 0.717) is 0 Å². The van der Waals surface area contributed by atoms with Gasteiger partial charge in [0.25, 0.3) is 0 Å². The van der Waals surface area contributed by atoms with Crippen molar-refractivity contribution in [2.45, 2.75) is 12.5 Å². The van der Waals surface area contributed by atoms with Crippen LogP contribution in [0.3, 0.4) is 0 Å². The zero-order chi connectivity index (χ0) is 10.2. The Hall–Kier alpha value is -1.77. The maximum Gasteiger partial charge on any atom is 0.333 e. The molecule has 1 unspecified atom stereocenters. The van der Waals surface area contributed by atoms with Crippen LogP contribution < -0.4 is 5.32 Å². The molecular formula is C11H11NO2. The molecule has 3 heteroatoms. The molecule has 14 heavy (non-hydrogen) atoms. The van der Waals surface area contributed by atoms with Crippen LogP contribution in [0.2, 0.25) is 0 Å². The number of para-hydroxylation sites is 1. The number of fused-ring (bicyclic) bond motifs is 1. The monoisotopic (exact) mass is 189 g/mol. The quantitative estimate of drug-likeness (QED) is 0.710. The van der Waals surface area contributed by atoms with Crippen LogP contribution in [0.5, 0.6) is 0 Å². The van der Waals surface area contributed by atoms with Gasteiger partial charge < -0.3 is 10.4 Å². The Morgan fingerprint density at radius 1 is 1.43 bits per heavy atom. The number of carboxylic acids is 1. The number of rotatable bonds is 1. The molecule has 1 atom stereocenters. The summed E-state index contributed by atoms with van der Waals surface area (Å²) < 4.78 is 0. The van der Waals surface area contributed by atoms with E-state index in [9.17, 15) is 4.79 Å². The number of nitrogens with one attached hydrogen (secondary N) is 1. The summed E-state index contributed by atoms with van der Waals surface area (Å²) in [6.45, 7) is 1.64. The molecule has 2 rings (SSSR count). The molecule has 3 nitrogen and oxygen atoms in total. The molecular weight excluding hydrogens is 178 g/mol. The third kappa shape index (κ3) is 1.27. The molecule has 1 aliphatic heterocycles. The molecule has 1 heterocycles. The van der Waals surface area contributed by atoms with E-state index in [1.807, 2.05) is 30.3 Å². The number of hydrogen-bond acceptors (Lipinski definition) is 2. The fraction of sp³-hybridized carbons (Fsp3) is 0.182. The van der Waals surface area contributed by atoms with Gasteiger partial charge in [-0.1, -0.05) is 24.3 Å². The van der Waals surface area contributed by atoms with Crippen molar-refractivity contribution in [2.75, 3.05) is 5.32 Å². The molecule has 0 aromatic heterocycles. The van der Waals surface area contributed by atoms with E-state index in [0.717, 1.165) is 11.3 Å². The number of benzene rings is 1. The first-order valence-electron chi connectivity index (χ1n) is 4.42. The third-order valence-corrected chi connectivity index (χ3v) is 2.40.